The number of hydrogen-bond acceptors (Lipinski definition) is 1. The smallest absolute Gasteiger partial charge is 0.179 e. The Kier molecular flexibility index (Phi) is 1.96. The molecule has 1 aliphatic carbocycles. The van der Waals surface area contributed by atoms with Gasteiger partial charge in [0.2, 0.25) is 0 Å². The second-order valence-electron chi connectivity index (χ2n) is 3.92. The van der Waals surface area contributed by atoms with Gasteiger partial charge in [-0.15, -0.1) is 0 Å². The minimum atomic E-state index is 0.249. The van der Waals surface area contributed by atoms with E-state index >= 15 is 0 Å². The van der Waals surface area contributed by atoms with Crippen molar-refractivity contribution in [2.75, 3.05) is 0 Å². The zero-order valence-electron chi connectivity index (χ0n) is 8.14. The molecule has 1 aliphatic rings. The summed E-state index contributed by atoms with van der Waals surface area (Å²) < 4.78 is 1.08. The van der Waals surface area contributed by atoms with Crippen LogP contribution in [-0.2, 0) is 6.42 Å². The maximum atomic E-state index is 11.7. The van der Waals surface area contributed by atoms with Gasteiger partial charge in [0.15, 0.2) is 5.78 Å². The molecule has 1 aromatic heterocycles. The Labute approximate surface area is 95.8 Å². The molecule has 2 aromatic rings. The molecule has 1 N–H and O–H groups in total. The van der Waals surface area contributed by atoms with Gasteiger partial charge in [0.05, 0.1) is 5.69 Å². The fraction of sp³-hybridized carbons (Fsp3) is 0.250. The van der Waals surface area contributed by atoms with Crippen LogP contribution in [0.3, 0.4) is 0 Å². The largest absolute Gasteiger partial charge is 0.352 e. The summed E-state index contributed by atoms with van der Waals surface area (Å²) in [6.07, 6.45) is 2.65. The number of rotatable bonds is 0. The molecule has 1 aromatic carbocycles. The van der Waals surface area contributed by atoms with Crippen LogP contribution in [0.1, 0.15) is 28.9 Å². The molecule has 0 fully saturated rings. The number of nitrogens with one attached hydrogen (secondary N) is 1. The van der Waals surface area contributed by atoms with E-state index in [9.17, 15) is 4.79 Å². The number of ketones is 1. The first-order valence-corrected chi connectivity index (χ1v) is 5.89. The van der Waals surface area contributed by atoms with Crippen LogP contribution < -0.4 is 0 Å². The number of carbonyl (C=O) groups excluding carboxylic acids is 1. The third-order valence-corrected chi connectivity index (χ3v) is 3.65. The summed E-state index contributed by atoms with van der Waals surface area (Å²) in [7, 11) is 0. The van der Waals surface area contributed by atoms with E-state index in [4.69, 9.17) is 0 Å². The number of hydrogen-bond donors (Lipinski definition) is 1. The van der Waals surface area contributed by atoms with E-state index in [0.717, 1.165) is 28.5 Å². The number of aryl methyl sites for hydroxylation is 1. The summed E-state index contributed by atoms with van der Waals surface area (Å²) in [6, 6.07) is 6.03. The second-order valence-corrected chi connectivity index (χ2v) is 4.77. The van der Waals surface area contributed by atoms with E-state index in [1.165, 1.54) is 10.9 Å². The van der Waals surface area contributed by atoms with Crippen molar-refractivity contribution < 1.29 is 4.79 Å². The summed E-state index contributed by atoms with van der Waals surface area (Å²) in [5, 5.41) is 1.18. The maximum absolute atomic E-state index is 11.7. The van der Waals surface area contributed by atoms with Crippen molar-refractivity contribution in [1.29, 1.82) is 0 Å². The summed E-state index contributed by atoms with van der Waals surface area (Å²) in [6.45, 7) is 0. The lowest BCUT2D eigenvalue weighted by Gasteiger charge is -2.09. The lowest BCUT2D eigenvalue weighted by molar-refractivity contribution is 0.0968. The number of halogens is 1. The number of benzene rings is 1. The van der Waals surface area contributed by atoms with Gasteiger partial charge in [0.1, 0.15) is 0 Å². The highest BCUT2D eigenvalue weighted by atomic mass is 79.9. The molecule has 0 bridgehead atoms. The van der Waals surface area contributed by atoms with Crippen LogP contribution in [0, 0.1) is 0 Å². The second kappa shape index (κ2) is 3.20. The molecule has 1 heterocycles. The van der Waals surface area contributed by atoms with E-state index in [1.54, 1.807) is 0 Å². The highest BCUT2D eigenvalue weighted by Gasteiger charge is 2.22. The van der Waals surface area contributed by atoms with E-state index in [2.05, 4.69) is 20.9 Å². The number of aromatic nitrogens is 1. The normalized spacial score (nSPS) is 15.7. The van der Waals surface area contributed by atoms with Crippen LogP contribution in [0.5, 0.6) is 0 Å². The van der Waals surface area contributed by atoms with Crippen LogP contribution >= 0.6 is 15.9 Å². The van der Waals surface area contributed by atoms with Crippen molar-refractivity contribution in [2.24, 2.45) is 0 Å². The van der Waals surface area contributed by atoms with Gasteiger partial charge in [-0.2, -0.15) is 0 Å². The van der Waals surface area contributed by atoms with Gasteiger partial charge < -0.3 is 4.98 Å². The lowest BCUT2D eigenvalue weighted by atomic mass is 9.95. The Balaban J connectivity index is 2.41. The Hall–Kier alpha value is -1.09. The first-order valence-electron chi connectivity index (χ1n) is 5.09. The summed E-state index contributed by atoms with van der Waals surface area (Å²) in [4.78, 5) is 14.9. The maximum Gasteiger partial charge on any atom is 0.179 e. The van der Waals surface area contributed by atoms with Crippen molar-refractivity contribution in [2.45, 2.75) is 19.3 Å². The molecule has 0 aliphatic heterocycles. The lowest BCUT2D eigenvalue weighted by Crippen LogP contribution is -2.09. The molecule has 0 saturated carbocycles. The third-order valence-electron chi connectivity index (χ3n) is 2.99. The Morgan fingerprint density at radius 3 is 3.00 bits per heavy atom. The molecular weight excluding hydrogens is 254 g/mol. The predicted octanol–water partition coefficient (Wildman–Crippen LogP) is 3.45. The summed E-state index contributed by atoms with van der Waals surface area (Å²) in [5.41, 5.74) is 3.07. The van der Waals surface area contributed by atoms with Gasteiger partial charge in [0, 0.05) is 21.8 Å². The molecule has 3 heteroatoms. The number of H-pyrrole nitrogens is 1. The average Bonchev–Trinajstić information content (AvgIpc) is 2.59. The fourth-order valence-corrected chi connectivity index (χ4v) is 2.91. The van der Waals surface area contributed by atoms with Crippen molar-refractivity contribution in [1.82, 2.24) is 4.98 Å². The molecule has 0 amide bonds. The van der Waals surface area contributed by atoms with Gasteiger partial charge in [-0.3, -0.25) is 4.79 Å². The number of aromatic amines is 1. The molecule has 76 valence electrons. The highest BCUT2D eigenvalue weighted by Crippen LogP contribution is 2.33. The standard InChI is InChI=1S/C12H10BrNO/c13-8-4-2-5-9-11(8)7-3-1-6-10(15)12(7)14-9/h2,4-5,14H,1,3,6H2. The van der Waals surface area contributed by atoms with Crippen molar-refractivity contribution in [3.63, 3.8) is 0 Å². The van der Waals surface area contributed by atoms with Gasteiger partial charge in [0.25, 0.3) is 0 Å². The van der Waals surface area contributed by atoms with Crippen LogP contribution in [0.15, 0.2) is 22.7 Å². The minimum absolute atomic E-state index is 0.249. The zero-order chi connectivity index (χ0) is 10.4. The molecule has 0 unspecified atom stereocenters. The van der Waals surface area contributed by atoms with Crippen LogP contribution in [0.25, 0.3) is 10.9 Å². The van der Waals surface area contributed by atoms with E-state index in [0.29, 0.717) is 6.42 Å². The van der Waals surface area contributed by atoms with Crippen LogP contribution in [0.4, 0.5) is 0 Å². The minimum Gasteiger partial charge on any atom is -0.352 e. The molecule has 0 radical (unpaired) electrons. The van der Waals surface area contributed by atoms with Crippen LogP contribution in [-0.4, -0.2) is 10.8 Å². The van der Waals surface area contributed by atoms with Gasteiger partial charge in [-0.25, -0.2) is 0 Å². The Bertz CT molecular complexity index is 556. The van der Waals surface area contributed by atoms with Gasteiger partial charge in [-0.05, 0) is 30.5 Å². The van der Waals surface area contributed by atoms with Gasteiger partial charge in [-0.1, -0.05) is 22.0 Å². The van der Waals surface area contributed by atoms with Crippen molar-refractivity contribution in [3.05, 3.63) is 33.9 Å². The molecule has 15 heavy (non-hydrogen) atoms. The molecular formula is C12H10BrNO. The van der Waals surface area contributed by atoms with E-state index in [-0.39, 0.29) is 5.78 Å². The predicted molar refractivity (Wildman–Crippen MR) is 63.3 cm³/mol. The quantitative estimate of drug-likeness (QED) is 0.776. The molecule has 2 nitrogen and oxygen atoms in total. The Morgan fingerprint density at radius 2 is 2.13 bits per heavy atom. The van der Waals surface area contributed by atoms with Crippen LogP contribution in [0.2, 0.25) is 0 Å². The van der Waals surface area contributed by atoms with E-state index in [1.807, 2.05) is 18.2 Å². The summed E-state index contributed by atoms with van der Waals surface area (Å²) >= 11 is 3.54. The topological polar surface area (TPSA) is 32.9 Å². The number of fused-ring (bicyclic) bond motifs is 3. The first-order chi connectivity index (χ1) is 7.27. The highest BCUT2D eigenvalue weighted by molar-refractivity contribution is 9.10. The first kappa shape index (κ1) is 9.16. The number of carbonyl (C=O) groups is 1. The van der Waals surface area contributed by atoms with E-state index < -0.39 is 0 Å². The SMILES string of the molecule is O=C1CCCc2c1[nH]c1cccc(Br)c21. The molecule has 0 atom stereocenters. The molecule has 0 saturated heterocycles. The van der Waals surface area contributed by atoms with Crippen molar-refractivity contribution in [3.8, 4) is 0 Å². The zero-order valence-corrected chi connectivity index (χ0v) is 9.73. The molecule has 0 spiro atoms. The Morgan fingerprint density at radius 1 is 1.27 bits per heavy atom. The van der Waals surface area contributed by atoms with Crippen molar-refractivity contribution >= 4 is 32.6 Å². The van der Waals surface area contributed by atoms with Gasteiger partial charge >= 0.3 is 0 Å². The fourth-order valence-electron chi connectivity index (χ4n) is 2.31. The monoisotopic (exact) mass is 263 g/mol. The summed E-state index contributed by atoms with van der Waals surface area (Å²) in [5.74, 6) is 0.249. The average molecular weight is 264 g/mol. The number of Topliss-reactive ketones (excluding diaryl/α,β-unsaturated/α-hetero) is 1. The molecule has 3 rings (SSSR count). The third kappa shape index (κ3) is 1.26.